The van der Waals surface area contributed by atoms with Crippen LogP contribution in [0.2, 0.25) is 0 Å². The first-order chi connectivity index (χ1) is 12.7. The molecular weight excluding hydrogens is 330 g/mol. The lowest BCUT2D eigenvalue weighted by molar-refractivity contribution is 0.0376. The standard InChI is InChI=1S/C19H33N5O2/c1-4-20-19(21-8-5-9-24-10-12-25-13-11-24)23-15-17-6-7-18(22-14-17)26-16(2)3/h6-7,14,16H,4-5,8-13,15H2,1-3H3,(H2,20,21,23). The van der Waals surface area contributed by atoms with E-state index in [1.54, 1.807) is 0 Å². The number of guanidine groups is 1. The fourth-order valence-electron chi connectivity index (χ4n) is 2.66. The Hall–Kier alpha value is -1.86. The highest BCUT2D eigenvalue weighted by Gasteiger charge is 2.09. The molecule has 7 heteroatoms. The summed E-state index contributed by atoms with van der Waals surface area (Å²) in [6, 6.07) is 3.91. The number of rotatable bonds is 9. The molecule has 0 amide bonds. The largest absolute Gasteiger partial charge is 0.475 e. The summed E-state index contributed by atoms with van der Waals surface area (Å²) in [6.07, 6.45) is 3.05. The summed E-state index contributed by atoms with van der Waals surface area (Å²) in [5.74, 6) is 1.50. The van der Waals surface area contributed by atoms with Gasteiger partial charge in [0, 0.05) is 38.4 Å². The maximum atomic E-state index is 5.57. The van der Waals surface area contributed by atoms with Gasteiger partial charge in [0.15, 0.2) is 5.96 Å². The van der Waals surface area contributed by atoms with E-state index in [1.165, 1.54) is 0 Å². The summed E-state index contributed by atoms with van der Waals surface area (Å²) in [6.45, 7) is 13.3. The highest BCUT2D eigenvalue weighted by molar-refractivity contribution is 5.79. The molecule has 146 valence electrons. The molecule has 1 fully saturated rings. The van der Waals surface area contributed by atoms with Crippen molar-refractivity contribution in [3.63, 3.8) is 0 Å². The zero-order valence-corrected chi connectivity index (χ0v) is 16.3. The maximum Gasteiger partial charge on any atom is 0.213 e. The van der Waals surface area contributed by atoms with Crippen LogP contribution in [0.25, 0.3) is 0 Å². The minimum Gasteiger partial charge on any atom is -0.475 e. The highest BCUT2D eigenvalue weighted by Crippen LogP contribution is 2.10. The molecule has 26 heavy (non-hydrogen) atoms. The molecular formula is C19H33N5O2. The molecule has 1 aromatic heterocycles. The number of morpholine rings is 1. The van der Waals surface area contributed by atoms with Crippen LogP contribution < -0.4 is 15.4 Å². The SMILES string of the molecule is CCNC(=NCc1ccc(OC(C)C)nc1)NCCCN1CCOCC1. The van der Waals surface area contributed by atoms with E-state index in [0.29, 0.717) is 12.4 Å². The Morgan fingerprint density at radius 1 is 1.31 bits per heavy atom. The van der Waals surface area contributed by atoms with E-state index < -0.39 is 0 Å². The van der Waals surface area contributed by atoms with E-state index in [2.05, 4.69) is 32.4 Å². The zero-order valence-electron chi connectivity index (χ0n) is 16.3. The lowest BCUT2D eigenvalue weighted by Gasteiger charge is -2.26. The Labute approximate surface area is 157 Å². The number of aromatic nitrogens is 1. The molecule has 1 saturated heterocycles. The van der Waals surface area contributed by atoms with Crippen LogP contribution >= 0.6 is 0 Å². The second-order valence-corrected chi connectivity index (χ2v) is 6.60. The first kappa shape index (κ1) is 20.5. The average Bonchev–Trinajstić information content (AvgIpc) is 2.64. The molecule has 1 aromatic rings. The van der Waals surface area contributed by atoms with Crippen molar-refractivity contribution in [2.24, 2.45) is 4.99 Å². The van der Waals surface area contributed by atoms with E-state index in [1.807, 2.05) is 32.2 Å². The molecule has 0 unspecified atom stereocenters. The molecule has 7 nitrogen and oxygen atoms in total. The molecule has 1 aliphatic rings. The van der Waals surface area contributed by atoms with Crippen LogP contribution in [0, 0.1) is 0 Å². The third kappa shape index (κ3) is 8.01. The summed E-state index contributed by atoms with van der Waals surface area (Å²) < 4.78 is 10.9. The van der Waals surface area contributed by atoms with Crippen molar-refractivity contribution in [3.8, 4) is 5.88 Å². The summed E-state index contributed by atoms with van der Waals surface area (Å²) in [5, 5.41) is 6.69. The van der Waals surface area contributed by atoms with Crippen LogP contribution in [0.1, 0.15) is 32.8 Å². The lowest BCUT2D eigenvalue weighted by Crippen LogP contribution is -2.40. The van der Waals surface area contributed by atoms with Crippen molar-refractivity contribution in [2.45, 2.75) is 39.8 Å². The number of nitrogens with one attached hydrogen (secondary N) is 2. The van der Waals surface area contributed by atoms with Crippen molar-refractivity contribution in [2.75, 3.05) is 45.9 Å². The molecule has 0 spiro atoms. The van der Waals surface area contributed by atoms with E-state index in [-0.39, 0.29) is 6.10 Å². The molecule has 0 saturated carbocycles. The monoisotopic (exact) mass is 363 g/mol. The third-order valence-corrected chi connectivity index (χ3v) is 3.97. The predicted molar refractivity (Wildman–Crippen MR) is 105 cm³/mol. The average molecular weight is 364 g/mol. The Bertz CT molecular complexity index is 527. The number of hydrogen-bond acceptors (Lipinski definition) is 5. The van der Waals surface area contributed by atoms with Crippen molar-refractivity contribution in [3.05, 3.63) is 23.9 Å². The fraction of sp³-hybridized carbons (Fsp3) is 0.684. The van der Waals surface area contributed by atoms with Crippen molar-refractivity contribution in [1.29, 1.82) is 0 Å². The molecule has 2 N–H and O–H groups in total. The maximum absolute atomic E-state index is 5.57. The second-order valence-electron chi connectivity index (χ2n) is 6.60. The second kappa shape index (κ2) is 11.7. The molecule has 0 bridgehead atoms. The molecule has 2 rings (SSSR count). The van der Waals surface area contributed by atoms with Gasteiger partial charge in [-0.15, -0.1) is 0 Å². The first-order valence-corrected chi connectivity index (χ1v) is 9.61. The quantitative estimate of drug-likeness (QED) is 0.395. The van der Waals surface area contributed by atoms with Gasteiger partial charge in [-0.05, 0) is 39.3 Å². The van der Waals surface area contributed by atoms with Crippen LogP contribution in [0.15, 0.2) is 23.3 Å². The van der Waals surface area contributed by atoms with Gasteiger partial charge in [-0.25, -0.2) is 9.98 Å². The highest BCUT2D eigenvalue weighted by atomic mass is 16.5. The summed E-state index contributed by atoms with van der Waals surface area (Å²) in [4.78, 5) is 11.4. The predicted octanol–water partition coefficient (Wildman–Crippen LogP) is 1.65. The van der Waals surface area contributed by atoms with Gasteiger partial charge >= 0.3 is 0 Å². The minimum atomic E-state index is 0.133. The lowest BCUT2D eigenvalue weighted by atomic mass is 10.3. The summed E-state index contributed by atoms with van der Waals surface area (Å²) in [5.41, 5.74) is 1.06. The molecule has 2 heterocycles. The van der Waals surface area contributed by atoms with Crippen molar-refractivity contribution >= 4 is 5.96 Å². The number of ether oxygens (including phenoxy) is 2. The Kier molecular flexibility index (Phi) is 9.20. The van der Waals surface area contributed by atoms with E-state index in [0.717, 1.165) is 63.9 Å². The minimum absolute atomic E-state index is 0.133. The topological polar surface area (TPSA) is 71.0 Å². The van der Waals surface area contributed by atoms with Crippen molar-refractivity contribution < 1.29 is 9.47 Å². The first-order valence-electron chi connectivity index (χ1n) is 9.61. The Morgan fingerprint density at radius 3 is 2.77 bits per heavy atom. The van der Waals surface area contributed by atoms with Gasteiger partial charge in [0.05, 0.1) is 25.9 Å². The Morgan fingerprint density at radius 2 is 2.12 bits per heavy atom. The number of aliphatic imine (C=N–C) groups is 1. The van der Waals surface area contributed by atoms with Gasteiger partial charge in [-0.2, -0.15) is 0 Å². The van der Waals surface area contributed by atoms with Crippen LogP contribution in [-0.2, 0) is 11.3 Å². The molecule has 0 aromatic carbocycles. The number of pyridine rings is 1. The third-order valence-electron chi connectivity index (χ3n) is 3.97. The zero-order chi connectivity index (χ0) is 18.6. The smallest absolute Gasteiger partial charge is 0.213 e. The number of nitrogens with zero attached hydrogens (tertiary/aromatic N) is 3. The van der Waals surface area contributed by atoms with Gasteiger partial charge in [-0.3, -0.25) is 4.90 Å². The van der Waals surface area contributed by atoms with Crippen LogP contribution in [0.5, 0.6) is 5.88 Å². The number of hydrogen-bond donors (Lipinski definition) is 2. The van der Waals surface area contributed by atoms with E-state index >= 15 is 0 Å². The van der Waals surface area contributed by atoms with Gasteiger partial charge in [0.2, 0.25) is 5.88 Å². The molecule has 0 atom stereocenters. The Balaban J connectivity index is 1.74. The van der Waals surface area contributed by atoms with E-state index in [4.69, 9.17) is 9.47 Å². The summed E-state index contributed by atoms with van der Waals surface area (Å²) >= 11 is 0. The van der Waals surface area contributed by atoms with Gasteiger partial charge in [0.25, 0.3) is 0 Å². The van der Waals surface area contributed by atoms with E-state index in [9.17, 15) is 0 Å². The van der Waals surface area contributed by atoms with Gasteiger partial charge < -0.3 is 20.1 Å². The van der Waals surface area contributed by atoms with Crippen LogP contribution in [-0.4, -0.2) is 67.9 Å². The summed E-state index contributed by atoms with van der Waals surface area (Å²) in [7, 11) is 0. The molecule has 0 aliphatic carbocycles. The van der Waals surface area contributed by atoms with Gasteiger partial charge in [0.1, 0.15) is 0 Å². The fourth-order valence-corrected chi connectivity index (χ4v) is 2.66. The molecule has 0 radical (unpaired) electrons. The normalized spacial score (nSPS) is 15.9. The van der Waals surface area contributed by atoms with Crippen LogP contribution in [0.3, 0.4) is 0 Å². The van der Waals surface area contributed by atoms with Gasteiger partial charge in [-0.1, -0.05) is 6.07 Å². The molecule has 1 aliphatic heterocycles. The van der Waals surface area contributed by atoms with Crippen LogP contribution in [0.4, 0.5) is 0 Å². The van der Waals surface area contributed by atoms with Crippen molar-refractivity contribution in [1.82, 2.24) is 20.5 Å².